The van der Waals surface area contributed by atoms with Crippen LogP contribution in [0.3, 0.4) is 0 Å². The number of hydrogen-bond donors (Lipinski definition) is 1. The van der Waals surface area contributed by atoms with Crippen molar-refractivity contribution in [3.05, 3.63) is 88.0 Å². The lowest BCUT2D eigenvalue weighted by Gasteiger charge is -2.40. The van der Waals surface area contributed by atoms with Crippen LogP contribution in [0.25, 0.3) is 5.57 Å². The predicted octanol–water partition coefficient (Wildman–Crippen LogP) is 6.17. The Morgan fingerprint density at radius 1 is 1.14 bits per heavy atom. The molecular formula is C28H30F2N2O2S. The highest BCUT2D eigenvalue weighted by Gasteiger charge is 2.38. The third-order valence-corrected chi connectivity index (χ3v) is 9.10. The van der Waals surface area contributed by atoms with Crippen LogP contribution in [0.5, 0.6) is 0 Å². The summed E-state index contributed by atoms with van der Waals surface area (Å²) in [5.74, 6) is -0.567. The lowest BCUT2D eigenvalue weighted by atomic mass is 9.92. The molecule has 0 aromatic heterocycles. The van der Waals surface area contributed by atoms with Crippen molar-refractivity contribution in [2.75, 3.05) is 23.4 Å². The first kappa shape index (κ1) is 23.9. The number of hydrogen-bond acceptors (Lipinski definition) is 4. The van der Waals surface area contributed by atoms with Gasteiger partial charge in [-0.25, -0.2) is 17.2 Å². The molecule has 0 unspecified atom stereocenters. The van der Waals surface area contributed by atoms with Crippen LogP contribution in [-0.2, 0) is 22.8 Å². The average molecular weight is 497 g/mol. The van der Waals surface area contributed by atoms with Gasteiger partial charge in [0.1, 0.15) is 11.7 Å². The van der Waals surface area contributed by atoms with Gasteiger partial charge in [-0.3, -0.25) is 4.90 Å². The minimum Gasteiger partial charge on any atom is -0.355 e. The largest absolute Gasteiger partial charge is 0.355 e. The zero-order valence-corrected chi connectivity index (χ0v) is 20.9. The SMILES string of the molecule is CCC1=C(c2cc(Nc3cccc4c3CCN(C3CS(=O)(=O)C3)C4)ccc2C)C(F)=CC(F)=CC1. The first-order chi connectivity index (χ1) is 16.7. The van der Waals surface area contributed by atoms with Crippen LogP contribution in [0.15, 0.2) is 65.8 Å². The Morgan fingerprint density at radius 3 is 2.69 bits per heavy atom. The van der Waals surface area contributed by atoms with E-state index in [9.17, 15) is 12.8 Å². The second-order valence-corrected chi connectivity index (χ2v) is 11.8. The fourth-order valence-electron chi connectivity index (χ4n) is 5.32. The lowest BCUT2D eigenvalue weighted by Crippen LogP contribution is -2.54. The number of sulfone groups is 1. The van der Waals surface area contributed by atoms with E-state index in [4.69, 9.17) is 0 Å². The van der Waals surface area contributed by atoms with Crippen LogP contribution in [0.2, 0.25) is 0 Å². The molecule has 4 nitrogen and oxygen atoms in total. The third-order valence-electron chi connectivity index (χ3n) is 7.32. The molecule has 2 aromatic carbocycles. The maximum absolute atomic E-state index is 15.1. The second-order valence-electron chi connectivity index (χ2n) is 9.67. The summed E-state index contributed by atoms with van der Waals surface area (Å²) >= 11 is 0. The summed E-state index contributed by atoms with van der Waals surface area (Å²) in [6, 6.07) is 12.2. The molecule has 0 atom stereocenters. The van der Waals surface area contributed by atoms with Crippen LogP contribution < -0.4 is 5.32 Å². The van der Waals surface area contributed by atoms with Gasteiger partial charge in [0.15, 0.2) is 9.84 Å². The number of nitrogens with zero attached hydrogens (tertiary/aromatic N) is 1. The number of halogens is 2. The van der Waals surface area contributed by atoms with E-state index in [1.807, 2.05) is 44.2 Å². The highest BCUT2D eigenvalue weighted by Crippen LogP contribution is 2.38. The van der Waals surface area contributed by atoms with Crippen LogP contribution in [0, 0.1) is 6.92 Å². The summed E-state index contributed by atoms with van der Waals surface area (Å²) in [5.41, 5.74) is 7.35. The Hall–Kier alpha value is -2.77. The standard InChI is InChI=1S/C28H30F2N2O2S/c1-3-19-8-9-21(29)13-26(30)28(19)25-14-22(10-7-18(25)2)31-27-6-4-5-20-15-32(12-11-24(20)27)23-16-35(33,34)17-23/h4-7,9-10,13-14,23,31H,3,8,11-12,15-17H2,1-2H3. The first-order valence-corrected chi connectivity index (χ1v) is 13.9. The second kappa shape index (κ2) is 9.36. The number of aryl methyl sites for hydroxylation is 1. The van der Waals surface area contributed by atoms with Gasteiger partial charge >= 0.3 is 0 Å². The minimum atomic E-state index is -2.85. The normalized spacial score (nSPS) is 20.5. The zero-order chi connectivity index (χ0) is 24.7. The predicted molar refractivity (Wildman–Crippen MR) is 138 cm³/mol. The Balaban J connectivity index is 1.42. The van der Waals surface area contributed by atoms with Crippen molar-refractivity contribution in [3.8, 4) is 0 Å². The van der Waals surface area contributed by atoms with Crippen LogP contribution >= 0.6 is 0 Å². The molecule has 2 aromatic rings. The Bertz CT molecular complexity index is 1360. The van der Waals surface area contributed by atoms with Gasteiger partial charge in [0.25, 0.3) is 0 Å². The molecule has 0 amide bonds. The number of nitrogens with one attached hydrogen (secondary N) is 1. The zero-order valence-electron chi connectivity index (χ0n) is 20.1. The number of benzene rings is 2. The molecule has 1 saturated heterocycles. The van der Waals surface area contributed by atoms with Crippen molar-refractivity contribution in [2.24, 2.45) is 0 Å². The maximum atomic E-state index is 15.1. The number of fused-ring (bicyclic) bond motifs is 1. The molecule has 2 heterocycles. The van der Waals surface area contributed by atoms with E-state index in [-0.39, 0.29) is 17.5 Å². The van der Waals surface area contributed by atoms with Gasteiger partial charge in [-0.15, -0.1) is 0 Å². The molecule has 35 heavy (non-hydrogen) atoms. The van der Waals surface area contributed by atoms with E-state index >= 15 is 4.39 Å². The molecular weight excluding hydrogens is 466 g/mol. The fraction of sp³-hybridized carbons (Fsp3) is 0.357. The van der Waals surface area contributed by atoms with Gasteiger partial charge < -0.3 is 5.32 Å². The summed E-state index contributed by atoms with van der Waals surface area (Å²) in [7, 11) is -2.85. The summed E-state index contributed by atoms with van der Waals surface area (Å²) in [5, 5.41) is 3.53. The Labute approximate surface area is 206 Å². The smallest absolute Gasteiger partial charge is 0.153 e. The number of rotatable bonds is 5. The molecule has 1 N–H and O–H groups in total. The van der Waals surface area contributed by atoms with E-state index in [1.165, 1.54) is 17.2 Å². The van der Waals surface area contributed by atoms with E-state index < -0.39 is 21.5 Å². The van der Waals surface area contributed by atoms with Gasteiger partial charge in [-0.05, 0) is 72.7 Å². The van der Waals surface area contributed by atoms with Crippen molar-refractivity contribution < 1.29 is 17.2 Å². The molecule has 0 spiro atoms. The Morgan fingerprint density at radius 2 is 1.94 bits per heavy atom. The van der Waals surface area contributed by atoms with Crippen molar-refractivity contribution in [3.63, 3.8) is 0 Å². The molecule has 1 fully saturated rings. The van der Waals surface area contributed by atoms with Crippen LogP contribution in [0.4, 0.5) is 20.2 Å². The van der Waals surface area contributed by atoms with Gasteiger partial charge in [-0.2, -0.15) is 0 Å². The molecule has 1 aliphatic carbocycles. The highest BCUT2D eigenvalue weighted by atomic mass is 32.2. The van der Waals surface area contributed by atoms with Crippen LogP contribution in [0.1, 0.15) is 42.0 Å². The quantitative estimate of drug-likeness (QED) is 0.538. The molecule has 5 rings (SSSR count). The van der Waals surface area contributed by atoms with Crippen LogP contribution in [-0.4, -0.2) is 37.4 Å². The molecule has 0 radical (unpaired) electrons. The van der Waals surface area contributed by atoms with Crippen molar-refractivity contribution in [1.82, 2.24) is 4.90 Å². The highest BCUT2D eigenvalue weighted by molar-refractivity contribution is 7.92. The van der Waals surface area contributed by atoms with Crippen molar-refractivity contribution in [2.45, 2.75) is 45.7 Å². The first-order valence-electron chi connectivity index (χ1n) is 12.1. The maximum Gasteiger partial charge on any atom is 0.153 e. The molecule has 3 aliphatic rings. The number of anilines is 2. The molecule has 7 heteroatoms. The average Bonchev–Trinajstić information content (AvgIpc) is 2.95. The molecule has 0 saturated carbocycles. The molecule has 0 bridgehead atoms. The van der Waals surface area contributed by atoms with Crippen molar-refractivity contribution in [1.29, 1.82) is 0 Å². The van der Waals surface area contributed by atoms with E-state index in [1.54, 1.807) is 0 Å². The third kappa shape index (κ3) is 4.84. The van der Waals surface area contributed by atoms with E-state index in [2.05, 4.69) is 16.3 Å². The Kier molecular flexibility index (Phi) is 6.40. The topological polar surface area (TPSA) is 49.4 Å². The van der Waals surface area contributed by atoms with Gasteiger partial charge in [0, 0.05) is 42.2 Å². The van der Waals surface area contributed by atoms with E-state index in [0.717, 1.165) is 53.7 Å². The lowest BCUT2D eigenvalue weighted by molar-refractivity contribution is 0.196. The van der Waals surface area contributed by atoms with Gasteiger partial charge in [0.05, 0.1) is 11.5 Å². The summed E-state index contributed by atoms with van der Waals surface area (Å²) in [6.45, 7) is 5.48. The monoisotopic (exact) mass is 496 g/mol. The summed E-state index contributed by atoms with van der Waals surface area (Å²) in [6.07, 6.45) is 4.28. The van der Waals surface area contributed by atoms with Gasteiger partial charge in [0.2, 0.25) is 0 Å². The van der Waals surface area contributed by atoms with Gasteiger partial charge in [-0.1, -0.05) is 30.7 Å². The van der Waals surface area contributed by atoms with Crippen molar-refractivity contribution >= 4 is 26.8 Å². The summed E-state index contributed by atoms with van der Waals surface area (Å²) in [4.78, 5) is 2.27. The summed E-state index contributed by atoms with van der Waals surface area (Å²) < 4.78 is 52.3. The minimum absolute atomic E-state index is 0.118. The molecule has 184 valence electrons. The molecule has 2 aliphatic heterocycles. The number of allylic oxidation sites excluding steroid dienone is 6. The fourth-order valence-corrected chi connectivity index (χ4v) is 6.81. The van der Waals surface area contributed by atoms with E-state index in [0.29, 0.717) is 18.4 Å².